The van der Waals surface area contributed by atoms with E-state index in [4.69, 9.17) is 16.7 Å². The first-order valence-electron chi connectivity index (χ1n) is 13.7. The van der Waals surface area contributed by atoms with Gasteiger partial charge in [-0.2, -0.15) is 9.40 Å². The van der Waals surface area contributed by atoms with Gasteiger partial charge in [0, 0.05) is 66.7 Å². The van der Waals surface area contributed by atoms with Crippen LogP contribution in [0.3, 0.4) is 0 Å². The highest BCUT2D eigenvalue weighted by Gasteiger charge is 2.30. The van der Waals surface area contributed by atoms with Gasteiger partial charge in [-0.1, -0.05) is 23.7 Å². The Morgan fingerprint density at radius 2 is 1.93 bits per heavy atom. The normalized spacial score (nSPS) is 14.9. The van der Waals surface area contributed by atoms with Crippen LogP contribution in [-0.2, 0) is 42.6 Å². The van der Waals surface area contributed by atoms with E-state index < -0.39 is 21.9 Å². The van der Waals surface area contributed by atoms with Crippen molar-refractivity contribution in [3.63, 3.8) is 0 Å². The lowest BCUT2D eigenvalue weighted by Gasteiger charge is -2.26. The zero-order chi connectivity index (χ0) is 30.7. The second-order valence-corrected chi connectivity index (χ2v) is 12.8. The lowest BCUT2D eigenvalue weighted by Crippen LogP contribution is -2.36. The van der Waals surface area contributed by atoms with E-state index in [1.165, 1.54) is 34.8 Å². The van der Waals surface area contributed by atoms with Gasteiger partial charge in [0.25, 0.3) is 5.91 Å². The Morgan fingerprint density at radius 3 is 2.65 bits per heavy atom. The molecule has 0 saturated heterocycles. The van der Waals surface area contributed by atoms with Crippen LogP contribution in [-0.4, -0.2) is 64.0 Å². The predicted molar refractivity (Wildman–Crippen MR) is 161 cm³/mol. The molecular weight excluding hydrogens is 595 g/mol. The number of sulfonamides is 1. The third-order valence-corrected chi connectivity index (χ3v) is 8.99. The second kappa shape index (κ2) is 12.8. The third kappa shape index (κ3) is 7.04. The third-order valence-electron chi connectivity index (χ3n) is 7.37. The number of aromatic nitrogens is 3. The fourth-order valence-corrected chi connectivity index (χ4v) is 6.15. The molecule has 13 heteroatoms. The molecule has 3 heterocycles. The second-order valence-electron chi connectivity index (χ2n) is 10.4. The smallest absolute Gasteiger partial charge is 0.251 e. The molecule has 1 aliphatic heterocycles. The molecule has 4 aromatic rings. The van der Waals surface area contributed by atoms with Crippen LogP contribution in [0.25, 0.3) is 11.3 Å². The quantitative estimate of drug-likeness (QED) is 0.296. The molecule has 1 aliphatic rings. The molecule has 1 unspecified atom stereocenters. The summed E-state index contributed by atoms with van der Waals surface area (Å²) in [5, 5.41) is 19.1. The van der Waals surface area contributed by atoms with Crippen molar-refractivity contribution in [2.75, 3.05) is 19.8 Å². The molecule has 2 N–H and O–H groups in total. The average molecular weight is 627 g/mol. The van der Waals surface area contributed by atoms with Crippen LogP contribution in [0.4, 0.5) is 4.39 Å². The lowest BCUT2D eigenvalue weighted by molar-refractivity contribution is 0.0951. The van der Waals surface area contributed by atoms with E-state index in [0.717, 1.165) is 16.7 Å². The van der Waals surface area contributed by atoms with Gasteiger partial charge < -0.3 is 15.0 Å². The predicted octanol–water partition coefficient (Wildman–Crippen LogP) is 2.98. The van der Waals surface area contributed by atoms with Gasteiger partial charge in [-0.3, -0.25) is 14.5 Å². The number of fused-ring (bicyclic) bond motifs is 1. The first kappa shape index (κ1) is 30.6. The highest BCUT2D eigenvalue weighted by atomic mass is 35.5. The Bertz CT molecular complexity index is 1820. The summed E-state index contributed by atoms with van der Waals surface area (Å²) < 4.78 is 43.2. The van der Waals surface area contributed by atoms with Crippen molar-refractivity contribution in [2.24, 2.45) is 4.99 Å². The maximum absolute atomic E-state index is 13.3. The minimum atomic E-state index is -3.45. The van der Waals surface area contributed by atoms with E-state index >= 15 is 0 Å². The Labute approximate surface area is 254 Å². The van der Waals surface area contributed by atoms with Gasteiger partial charge in [-0.25, -0.2) is 12.8 Å². The molecule has 10 nitrogen and oxygen atoms in total. The molecule has 0 aliphatic carbocycles. The van der Waals surface area contributed by atoms with Gasteiger partial charge in [-0.15, -0.1) is 0 Å². The number of carbonyl (C=O) groups is 1. The summed E-state index contributed by atoms with van der Waals surface area (Å²) in [6.07, 6.45) is 2.68. The molecule has 2 aromatic carbocycles. The molecule has 0 fully saturated rings. The fraction of sp³-hybridized carbons (Fsp3) is 0.300. The monoisotopic (exact) mass is 626 g/mol. The standard InChI is InChI=1S/C30H32ClFN6O4S/c1-33-28-5-3-4-13-36(28)17-24(39)18-38-27-12-14-37(43(2,41)42)19-25(27)29(35-38)21-8-11-26(31)22(15-21)16-34-30(40)20-6-9-23(32)10-7-20/h3-11,13,15,24,39H,12,14,16-19H2,1-2H3,(H,34,40)/b33-28-. The van der Waals surface area contributed by atoms with Crippen molar-refractivity contribution in [1.29, 1.82) is 0 Å². The van der Waals surface area contributed by atoms with Crippen LogP contribution >= 0.6 is 11.6 Å². The number of benzene rings is 2. The van der Waals surface area contributed by atoms with Crippen LogP contribution < -0.4 is 10.8 Å². The summed E-state index contributed by atoms with van der Waals surface area (Å²) in [6, 6.07) is 16.2. The number of hydrogen-bond acceptors (Lipinski definition) is 6. The van der Waals surface area contributed by atoms with Crippen molar-refractivity contribution >= 4 is 27.5 Å². The van der Waals surface area contributed by atoms with Crippen LogP contribution in [0, 0.1) is 5.82 Å². The summed E-state index contributed by atoms with van der Waals surface area (Å²) >= 11 is 6.48. The largest absolute Gasteiger partial charge is 0.389 e. The van der Waals surface area contributed by atoms with Gasteiger partial charge in [0.15, 0.2) is 0 Å². The summed E-state index contributed by atoms with van der Waals surface area (Å²) in [7, 11) is -1.76. The molecule has 1 amide bonds. The van der Waals surface area contributed by atoms with Gasteiger partial charge in [0.05, 0.1) is 31.1 Å². The number of hydrogen-bond donors (Lipinski definition) is 2. The number of amides is 1. The fourth-order valence-electron chi connectivity index (χ4n) is 5.18. The molecule has 226 valence electrons. The Morgan fingerprint density at radius 1 is 1.16 bits per heavy atom. The zero-order valence-electron chi connectivity index (χ0n) is 23.7. The van der Waals surface area contributed by atoms with Crippen molar-refractivity contribution in [1.82, 2.24) is 24.0 Å². The Hall–Kier alpha value is -3.84. The van der Waals surface area contributed by atoms with Crippen molar-refractivity contribution in [3.8, 4) is 11.3 Å². The van der Waals surface area contributed by atoms with Crippen LogP contribution in [0.5, 0.6) is 0 Å². The van der Waals surface area contributed by atoms with Crippen molar-refractivity contribution in [2.45, 2.75) is 38.7 Å². The molecule has 0 radical (unpaired) electrons. The van der Waals surface area contributed by atoms with E-state index in [-0.39, 0.29) is 25.5 Å². The number of aliphatic hydroxyl groups excluding tert-OH is 1. The number of rotatable bonds is 9. The Balaban J connectivity index is 1.44. The lowest BCUT2D eigenvalue weighted by atomic mass is 10.0. The summed E-state index contributed by atoms with van der Waals surface area (Å²) in [5.41, 5.74) is 4.56. The maximum Gasteiger partial charge on any atom is 0.251 e. The number of aliphatic hydroxyl groups is 1. The van der Waals surface area contributed by atoms with Gasteiger partial charge >= 0.3 is 0 Å². The minimum absolute atomic E-state index is 0.110. The number of pyridine rings is 1. The van der Waals surface area contributed by atoms with E-state index in [9.17, 15) is 22.7 Å². The number of nitrogens with one attached hydrogen (secondary N) is 1. The van der Waals surface area contributed by atoms with Crippen molar-refractivity contribution < 1.29 is 22.7 Å². The summed E-state index contributed by atoms with van der Waals surface area (Å²) in [4.78, 5) is 16.9. The first-order chi connectivity index (χ1) is 20.5. The summed E-state index contributed by atoms with van der Waals surface area (Å²) in [6.45, 7) is 1.05. The van der Waals surface area contributed by atoms with Crippen LogP contribution in [0.15, 0.2) is 71.9 Å². The molecule has 0 saturated carbocycles. The number of nitrogens with zero attached hydrogens (tertiary/aromatic N) is 5. The van der Waals surface area contributed by atoms with Gasteiger partial charge in [0.2, 0.25) is 10.0 Å². The summed E-state index contributed by atoms with van der Waals surface area (Å²) in [5.74, 6) is -0.812. The highest BCUT2D eigenvalue weighted by Crippen LogP contribution is 2.33. The SMILES string of the molecule is C/N=c1/ccccn1CC(O)Cn1nc(-c2ccc(Cl)c(CNC(=O)c3ccc(F)cc3)c2)c2c1CCN(S(C)(=O)=O)C2. The molecule has 0 spiro atoms. The molecule has 5 rings (SSSR count). The maximum atomic E-state index is 13.3. The minimum Gasteiger partial charge on any atom is -0.389 e. The molecule has 1 atom stereocenters. The molecule has 43 heavy (non-hydrogen) atoms. The van der Waals surface area contributed by atoms with E-state index in [1.807, 2.05) is 35.0 Å². The zero-order valence-corrected chi connectivity index (χ0v) is 25.3. The highest BCUT2D eigenvalue weighted by molar-refractivity contribution is 7.88. The Kier molecular flexibility index (Phi) is 9.11. The van der Waals surface area contributed by atoms with Gasteiger partial charge in [-0.05, 0) is 54.1 Å². The molecule has 0 bridgehead atoms. The number of halogens is 2. The van der Waals surface area contributed by atoms with Crippen LogP contribution in [0.2, 0.25) is 5.02 Å². The van der Waals surface area contributed by atoms with E-state index in [0.29, 0.717) is 46.9 Å². The first-order valence-corrected chi connectivity index (χ1v) is 15.9. The molecular formula is C30H32ClFN6O4S. The van der Waals surface area contributed by atoms with E-state index in [2.05, 4.69) is 10.3 Å². The van der Waals surface area contributed by atoms with Crippen molar-refractivity contribution in [3.05, 3.63) is 106 Å². The number of carbonyl (C=O) groups excluding carboxylic acids is 1. The van der Waals surface area contributed by atoms with Gasteiger partial charge in [0.1, 0.15) is 11.3 Å². The topological polar surface area (TPSA) is 122 Å². The molecule has 2 aromatic heterocycles. The average Bonchev–Trinajstić information content (AvgIpc) is 3.34. The van der Waals surface area contributed by atoms with Crippen LogP contribution in [0.1, 0.15) is 27.2 Å². The van der Waals surface area contributed by atoms with E-state index in [1.54, 1.807) is 23.9 Å².